The largest absolute Gasteiger partial charge is 0.351 e. The summed E-state index contributed by atoms with van der Waals surface area (Å²) in [5.41, 5.74) is 3.34. The standard InChI is InChI=1S/C24H27ClN4OS/c1-5-14-29-22(18-8-10-19(11-9-18)24(2,3)4)27-28-23(29)31-16-21(30)26-15-17-6-12-20(25)13-7-17/h5-13H,1,14-16H2,2-4H3,(H,26,30). The summed E-state index contributed by atoms with van der Waals surface area (Å²) < 4.78 is 1.98. The first-order chi connectivity index (χ1) is 14.8. The molecule has 1 N–H and O–H groups in total. The van der Waals surface area contributed by atoms with E-state index in [1.165, 1.54) is 17.3 Å². The van der Waals surface area contributed by atoms with Crippen molar-refractivity contribution in [2.24, 2.45) is 0 Å². The predicted octanol–water partition coefficient (Wildman–Crippen LogP) is 5.49. The van der Waals surface area contributed by atoms with E-state index in [0.29, 0.717) is 23.3 Å². The third-order valence-electron chi connectivity index (χ3n) is 4.77. The van der Waals surface area contributed by atoms with Crippen LogP contribution in [0, 0.1) is 0 Å². The molecule has 0 spiro atoms. The van der Waals surface area contributed by atoms with Gasteiger partial charge in [-0.2, -0.15) is 0 Å². The molecule has 0 radical (unpaired) electrons. The topological polar surface area (TPSA) is 59.8 Å². The zero-order valence-corrected chi connectivity index (χ0v) is 19.6. The molecular weight excluding hydrogens is 428 g/mol. The molecule has 1 aromatic heterocycles. The number of allylic oxidation sites excluding steroid dienone is 1. The van der Waals surface area contributed by atoms with Crippen molar-refractivity contribution in [2.75, 3.05) is 5.75 Å². The van der Waals surface area contributed by atoms with Crippen LogP contribution in [0.3, 0.4) is 0 Å². The molecule has 31 heavy (non-hydrogen) atoms. The molecule has 5 nitrogen and oxygen atoms in total. The van der Waals surface area contributed by atoms with Gasteiger partial charge in [0.25, 0.3) is 0 Å². The van der Waals surface area contributed by atoms with Crippen LogP contribution in [0.15, 0.2) is 66.3 Å². The van der Waals surface area contributed by atoms with Gasteiger partial charge in [-0.1, -0.05) is 86.6 Å². The maximum absolute atomic E-state index is 12.3. The number of aromatic nitrogens is 3. The van der Waals surface area contributed by atoms with Gasteiger partial charge in [0.1, 0.15) is 0 Å². The number of amides is 1. The number of thioether (sulfide) groups is 1. The normalized spacial score (nSPS) is 11.4. The monoisotopic (exact) mass is 454 g/mol. The van der Waals surface area contributed by atoms with Gasteiger partial charge in [0.2, 0.25) is 5.91 Å². The highest BCUT2D eigenvalue weighted by atomic mass is 35.5. The molecule has 0 unspecified atom stereocenters. The molecule has 2 aromatic carbocycles. The van der Waals surface area contributed by atoms with Crippen LogP contribution in [0.2, 0.25) is 5.02 Å². The summed E-state index contributed by atoms with van der Waals surface area (Å²) >= 11 is 7.26. The smallest absolute Gasteiger partial charge is 0.230 e. The summed E-state index contributed by atoms with van der Waals surface area (Å²) in [6.07, 6.45) is 1.81. The zero-order valence-electron chi connectivity index (χ0n) is 18.1. The minimum absolute atomic E-state index is 0.0656. The van der Waals surface area contributed by atoms with Gasteiger partial charge in [-0.05, 0) is 28.7 Å². The first kappa shape index (κ1) is 23.1. The summed E-state index contributed by atoms with van der Waals surface area (Å²) in [6.45, 7) is 11.4. The summed E-state index contributed by atoms with van der Waals surface area (Å²) in [7, 11) is 0. The van der Waals surface area contributed by atoms with Gasteiger partial charge in [0.05, 0.1) is 5.75 Å². The van der Waals surface area contributed by atoms with Crippen LogP contribution in [0.4, 0.5) is 0 Å². The Kier molecular flexibility index (Phi) is 7.57. The second kappa shape index (κ2) is 10.2. The van der Waals surface area contributed by atoms with Crippen molar-refractivity contribution in [3.63, 3.8) is 0 Å². The lowest BCUT2D eigenvalue weighted by Gasteiger charge is -2.19. The van der Waals surface area contributed by atoms with Crippen molar-refractivity contribution in [1.82, 2.24) is 20.1 Å². The highest BCUT2D eigenvalue weighted by molar-refractivity contribution is 7.99. The van der Waals surface area contributed by atoms with Crippen LogP contribution in [0.25, 0.3) is 11.4 Å². The number of carbonyl (C=O) groups is 1. The Labute approximate surface area is 192 Å². The van der Waals surface area contributed by atoms with Crippen LogP contribution in [-0.2, 0) is 23.3 Å². The summed E-state index contributed by atoms with van der Waals surface area (Å²) in [4.78, 5) is 12.3. The molecule has 0 fully saturated rings. The van der Waals surface area contributed by atoms with Crippen LogP contribution >= 0.6 is 23.4 Å². The van der Waals surface area contributed by atoms with Crippen molar-refractivity contribution in [1.29, 1.82) is 0 Å². The lowest BCUT2D eigenvalue weighted by atomic mass is 9.87. The van der Waals surface area contributed by atoms with E-state index in [1.54, 1.807) is 6.08 Å². The van der Waals surface area contributed by atoms with E-state index in [1.807, 2.05) is 28.8 Å². The molecule has 0 aliphatic heterocycles. The number of benzene rings is 2. The number of halogens is 1. The highest BCUT2D eigenvalue weighted by Gasteiger charge is 2.17. The molecule has 162 valence electrons. The maximum atomic E-state index is 12.3. The Hall–Kier alpha value is -2.57. The fourth-order valence-corrected chi connectivity index (χ4v) is 3.91. The number of hydrogen-bond donors (Lipinski definition) is 1. The van der Waals surface area contributed by atoms with Crippen molar-refractivity contribution in [3.8, 4) is 11.4 Å². The van der Waals surface area contributed by atoms with E-state index in [2.05, 4.69) is 67.1 Å². The average molecular weight is 455 g/mol. The van der Waals surface area contributed by atoms with E-state index >= 15 is 0 Å². The van der Waals surface area contributed by atoms with Gasteiger partial charge in [0, 0.05) is 23.7 Å². The van der Waals surface area contributed by atoms with Crippen molar-refractivity contribution in [3.05, 3.63) is 77.3 Å². The van der Waals surface area contributed by atoms with E-state index in [9.17, 15) is 4.79 Å². The molecule has 1 heterocycles. The van der Waals surface area contributed by atoms with Crippen molar-refractivity contribution < 1.29 is 4.79 Å². The summed E-state index contributed by atoms with van der Waals surface area (Å²) in [5, 5.41) is 13.0. The lowest BCUT2D eigenvalue weighted by molar-refractivity contribution is -0.118. The summed E-state index contributed by atoms with van der Waals surface area (Å²) in [5.74, 6) is 0.958. The summed E-state index contributed by atoms with van der Waals surface area (Å²) in [6, 6.07) is 15.8. The molecule has 0 saturated heterocycles. The zero-order chi connectivity index (χ0) is 22.4. The Morgan fingerprint density at radius 3 is 2.42 bits per heavy atom. The molecule has 7 heteroatoms. The molecule has 3 rings (SSSR count). The van der Waals surface area contributed by atoms with E-state index in [-0.39, 0.29) is 17.1 Å². The Balaban J connectivity index is 1.66. The number of rotatable bonds is 8. The van der Waals surface area contributed by atoms with Crippen LogP contribution in [0.5, 0.6) is 0 Å². The first-order valence-corrected chi connectivity index (χ1v) is 11.4. The molecule has 1 amide bonds. The number of nitrogens with one attached hydrogen (secondary N) is 1. The second-order valence-electron chi connectivity index (χ2n) is 8.22. The molecular formula is C24H27ClN4OS. The Bertz CT molecular complexity index is 1040. The van der Waals surface area contributed by atoms with Crippen molar-refractivity contribution in [2.45, 2.75) is 44.4 Å². The highest BCUT2D eigenvalue weighted by Crippen LogP contribution is 2.27. The van der Waals surface area contributed by atoms with E-state index in [0.717, 1.165) is 17.0 Å². The SMILES string of the molecule is C=CCn1c(SCC(=O)NCc2ccc(Cl)cc2)nnc1-c1ccc(C(C)(C)C)cc1. The number of carbonyl (C=O) groups excluding carboxylic acids is 1. The Morgan fingerprint density at radius 1 is 1.13 bits per heavy atom. The first-order valence-electron chi connectivity index (χ1n) is 10.1. The molecule has 0 bridgehead atoms. The molecule has 0 saturated carbocycles. The minimum atomic E-state index is -0.0656. The maximum Gasteiger partial charge on any atom is 0.230 e. The van der Waals surface area contributed by atoms with E-state index in [4.69, 9.17) is 11.6 Å². The quantitative estimate of drug-likeness (QED) is 0.361. The van der Waals surface area contributed by atoms with Gasteiger partial charge in [-0.15, -0.1) is 16.8 Å². The van der Waals surface area contributed by atoms with Gasteiger partial charge in [-0.25, -0.2) is 0 Å². The minimum Gasteiger partial charge on any atom is -0.351 e. The Morgan fingerprint density at radius 2 is 1.81 bits per heavy atom. The van der Waals surface area contributed by atoms with Crippen LogP contribution < -0.4 is 5.32 Å². The fourth-order valence-electron chi connectivity index (χ4n) is 3.01. The van der Waals surface area contributed by atoms with Gasteiger partial charge in [-0.3, -0.25) is 9.36 Å². The second-order valence-corrected chi connectivity index (χ2v) is 9.60. The van der Waals surface area contributed by atoms with Crippen LogP contribution in [0.1, 0.15) is 31.9 Å². The van der Waals surface area contributed by atoms with Gasteiger partial charge >= 0.3 is 0 Å². The third kappa shape index (κ3) is 6.21. The van der Waals surface area contributed by atoms with Gasteiger partial charge < -0.3 is 5.32 Å². The fraction of sp³-hybridized carbons (Fsp3) is 0.292. The van der Waals surface area contributed by atoms with Gasteiger partial charge in [0.15, 0.2) is 11.0 Å². The molecule has 0 aliphatic carbocycles. The number of nitrogens with zero attached hydrogens (tertiary/aromatic N) is 3. The molecule has 0 aliphatic rings. The lowest BCUT2D eigenvalue weighted by Crippen LogP contribution is -2.24. The predicted molar refractivity (Wildman–Crippen MR) is 128 cm³/mol. The molecule has 3 aromatic rings. The number of hydrogen-bond acceptors (Lipinski definition) is 4. The van der Waals surface area contributed by atoms with Crippen molar-refractivity contribution >= 4 is 29.3 Å². The third-order valence-corrected chi connectivity index (χ3v) is 5.99. The van der Waals surface area contributed by atoms with E-state index < -0.39 is 0 Å². The molecule has 0 atom stereocenters. The average Bonchev–Trinajstić information content (AvgIpc) is 3.14. The van der Waals surface area contributed by atoms with Crippen LogP contribution in [-0.4, -0.2) is 26.4 Å².